The first-order valence-electron chi connectivity index (χ1n) is 4.38. The van der Waals surface area contributed by atoms with Gasteiger partial charge < -0.3 is 20.6 Å². The van der Waals surface area contributed by atoms with Gasteiger partial charge in [-0.15, -0.1) is 0 Å². The van der Waals surface area contributed by atoms with Crippen LogP contribution in [-0.4, -0.2) is 45.7 Å². The second-order valence-corrected chi connectivity index (χ2v) is 4.16. The minimum atomic E-state index is -1.14. The monoisotopic (exact) mass is 276 g/mol. The zero-order valence-electron chi connectivity index (χ0n) is 8.02. The standard InChI is InChI=1S/C9H13BrN2O3/c10-7-1-2-8(11-3-7)12-9(4-13,5-14)6-15/h1-3,13-15H,4-6H2,(H,11,12). The van der Waals surface area contributed by atoms with Crippen LogP contribution in [0, 0.1) is 0 Å². The second-order valence-electron chi connectivity index (χ2n) is 3.24. The Bertz CT molecular complexity index is 292. The van der Waals surface area contributed by atoms with Crippen molar-refractivity contribution in [2.24, 2.45) is 0 Å². The van der Waals surface area contributed by atoms with Crippen molar-refractivity contribution in [3.8, 4) is 0 Å². The van der Waals surface area contributed by atoms with E-state index in [1.165, 1.54) is 0 Å². The predicted molar refractivity (Wildman–Crippen MR) is 59.5 cm³/mol. The summed E-state index contributed by atoms with van der Waals surface area (Å²) in [5.74, 6) is 0.482. The van der Waals surface area contributed by atoms with E-state index in [2.05, 4.69) is 26.2 Å². The van der Waals surface area contributed by atoms with Gasteiger partial charge in [0.2, 0.25) is 0 Å². The molecule has 0 aliphatic carbocycles. The van der Waals surface area contributed by atoms with E-state index in [1.807, 2.05) is 0 Å². The number of nitrogens with zero attached hydrogens (tertiary/aromatic N) is 1. The zero-order valence-corrected chi connectivity index (χ0v) is 9.61. The van der Waals surface area contributed by atoms with E-state index in [0.29, 0.717) is 5.82 Å². The molecule has 0 aliphatic heterocycles. The summed E-state index contributed by atoms with van der Waals surface area (Å²) >= 11 is 3.24. The van der Waals surface area contributed by atoms with Crippen molar-refractivity contribution in [1.29, 1.82) is 0 Å². The molecule has 0 bridgehead atoms. The highest BCUT2D eigenvalue weighted by molar-refractivity contribution is 9.10. The normalized spacial score (nSPS) is 11.5. The van der Waals surface area contributed by atoms with Crippen molar-refractivity contribution < 1.29 is 15.3 Å². The minimum absolute atomic E-state index is 0.377. The fraction of sp³-hybridized carbons (Fsp3) is 0.444. The highest BCUT2D eigenvalue weighted by atomic mass is 79.9. The van der Waals surface area contributed by atoms with Crippen LogP contribution in [0.4, 0.5) is 5.82 Å². The van der Waals surface area contributed by atoms with Crippen molar-refractivity contribution in [1.82, 2.24) is 4.98 Å². The van der Waals surface area contributed by atoms with Gasteiger partial charge in [-0.1, -0.05) is 0 Å². The Morgan fingerprint density at radius 3 is 2.20 bits per heavy atom. The Morgan fingerprint density at radius 1 is 1.20 bits per heavy atom. The van der Waals surface area contributed by atoms with Gasteiger partial charge in [0.25, 0.3) is 0 Å². The maximum atomic E-state index is 9.07. The van der Waals surface area contributed by atoms with Crippen LogP contribution in [0.1, 0.15) is 0 Å². The summed E-state index contributed by atoms with van der Waals surface area (Å²) in [6, 6.07) is 3.45. The van der Waals surface area contributed by atoms with Gasteiger partial charge >= 0.3 is 0 Å². The molecular weight excluding hydrogens is 264 g/mol. The van der Waals surface area contributed by atoms with E-state index >= 15 is 0 Å². The fourth-order valence-corrected chi connectivity index (χ4v) is 1.22. The molecule has 0 amide bonds. The van der Waals surface area contributed by atoms with Crippen LogP contribution < -0.4 is 5.32 Å². The van der Waals surface area contributed by atoms with Gasteiger partial charge in [-0.3, -0.25) is 0 Å². The largest absolute Gasteiger partial charge is 0.394 e. The minimum Gasteiger partial charge on any atom is -0.394 e. The summed E-state index contributed by atoms with van der Waals surface area (Å²) in [5, 5.41) is 30.0. The number of aliphatic hydroxyl groups excluding tert-OH is 3. The maximum absolute atomic E-state index is 9.07. The quantitative estimate of drug-likeness (QED) is 0.607. The smallest absolute Gasteiger partial charge is 0.126 e. The van der Waals surface area contributed by atoms with E-state index in [4.69, 9.17) is 15.3 Å². The third-order valence-electron chi connectivity index (χ3n) is 2.03. The Morgan fingerprint density at radius 2 is 1.80 bits per heavy atom. The maximum Gasteiger partial charge on any atom is 0.126 e. The Hall–Kier alpha value is -0.690. The van der Waals surface area contributed by atoms with Gasteiger partial charge in [0.1, 0.15) is 11.4 Å². The first kappa shape index (κ1) is 12.4. The first-order valence-corrected chi connectivity index (χ1v) is 5.17. The summed E-state index contributed by atoms with van der Waals surface area (Å²) in [7, 11) is 0. The third-order valence-corrected chi connectivity index (χ3v) is 2.50. The molecular formula is C9H13BrN2O3. The number of hydrogen-bond acceptors (Lipinski definition) is 5. The van der Waals surface area contributed by atoms with E-state index in [1.54, 1.807) is 18.3 Å². The number of aliphatic hydroxyl groups is 3. The molecule has 0 aliphatic rings. The lowest BCUT2D eigenvalue weighted by Gasteiger charge is -2.29. The van der Waals surface area contributed by atoms with Crippen molar-refractivity contribution in [2.75, 3.05) is 25.1 Å². The molecule has 1 rings (SSSR count). The van der Waals surface area contributed by atoms with Crippen molar-refractivity contribution >= 4 is 21.7 Å². The van der Waals surface area contributed by atoms with Crippen LogP contribution in [0.25, 0.3) is 0 Å². The van der Waals surface area contributed by atoms with Gasteiger partial charge in [0, 0.05) is 10.7 Å². The van der Waals surface area contributed by atoms with Crippen LogP contribution >= 0.6 is 15.9 Å². The molecule has 1 aromatic rings. The number of halogens is 1. The lowest BCUT2D eigenvalue weighted by molar-refractivity contribution is 0.0831. The summed E-state index contributed by atoms with van der Waals surface area (Å²) < 4.78 is 0.829. The van der Waals surface area contributed by atoms with Crippen LogP contribution in [0.3, 0.4) is 0 Å². The zero-order chi connectivity index (χ0) is 11.3. The molecule has 0 aromatic carbocycles. The molecule has 0 spiro atoms. The molecule has 5 nitrogen and oxygen atoms in total. The predicted octanol–water partition coefficient (Wildman–Crippen LogP) is -0.0283. The highest BCUT2D eigenvalue weighted by Gasteiger charge is 2.27. The van der Waals surface area contributed by atoms with Crippen LogP contribution in [0.2, 0.25) is 0 Å². The molecule has 0 atom stereocenters. The van der Waals surface area contributed by atoms with E-state index in [9.17, 15) is 0 Å². The van der Waals surface area contributed by atoms with Gasteiger partial charge in [-0.05, 0) is 28.1 Å². The summed E-state index contributed by atoms with van der Waals surface area (Å²) in [5.41, 5.74) is -1.14. The molecule has 6 heteroatoms. The summed E-state index contributed by atoms with van der Waals surface area (Å²) in [6.45, 7) is -1.13. The lowest BCUT2D eigenvalue weighted by Crippen LogP contribution is -2.49. The molecule has 0 saturated heterocycles. The van der Waals surface area contributed by atoms with Crippen molar-refractivity contribution in [2.45, 2.75) is 5.54 Å². The molecule has 0 fully saturated rings. The number of rotatable bonds is 5. The van der Waals surface area contributed by atoms with E-state index in [0.717, 1.165) is 4.47 Å². The molecule has 84 valence electrons. The summed E-state index contributed by atoms with van der Waals surface area (Å²) in [4.78, 5) is 4.02. The average Bonchev–Trinajstić information content (AvgIpc) is 2.29. The molecule has 0 saturated carbocycles. The number of pyridine rings is 1. The molecule has 0 unspecified atom stereocenters. The number of aromatic nitrogens is 1. The average molecular weight is 277 g/mol. The van der Waals surface area contributed by atoms with Crippen molar-refractivity contribution in [3.63, 3.8) is 0 Å². The molecule has 0 radical (unpaired) electrons. The Labute approximate surface area is 95.9 Å². The first-order chi connectivity index (χ1) is 7.15. The Kier molecular flexibility index (Phi) is 4.46. The Balaban J connectivity index is 2.78. The third kappa shape index (κ3) is 3.13. The van der Waals surface area contributed by atoms with Crippen LogP contribution in [0.5, 0.6) is 0 Å². The topological polar surface area (TPSA) is 85.6 Å². The van der Waals surface area contributed by atoms with Gasteiger partial charge in [0.05, 0.1) is 19.8 Å². The van der Waals surface area contributed by atoms with E-state index < -0.39 is 5.54 Å². The number of anilines is 1. The number of nitrogens with one attached hydrogen (secondary N) is 1. The molecule has 4 N–H and O–H groups in total. The molecule has 1 heterocycles. The highest BCUT2D eigenvalue weighted by Crippen LogP contribution is 2.15. The second kappa shape index (κ2) is 5.41. The van der Waals surface area contributed by atoms with Gasteiger partial charge in [0.15, 0.2) is 0 Å². The summed E-state index contributed by atoms with van der Waals surface area (Å²) in [6.07, 6.45) is 1.58. The van der Waals surface area contributed by atoms with Gasteiger partial charge in [-0.25, -0.2) is 4.98 Å². The van der Waals surface area contributed by atoms with Gasteiger partial charge in [-0.2, -0.15) is 0 Å². The van der Waals surface area contributed by atoms with Crippen molar-refractivity contribution in [3.05, 3.63) is 22.8 Å². The SMILES string of the molecule is OCC(CO)(CO)Nc1ccc(Br)cn1. The molecule has 1 aromatic heterocycles. The fourth-order valence-electron chi connectivity index (χ4n) is 0.990. The number of hydrogen-bond donors (Lipinski definition) is 4. The molecule has 15 heavy (non-hydrogen) atoms. The van der Waals surface area contributed by atoms with Crippen LogP contribution in [-0.2, 0) is 0 Å². The lowest BCUT2D eigenvalue weighted by atomic mass is 10.0. The van der Waals surface area contributed by atoms with Crippen LogP contribution in [0.15, 0.2) is 22.8 Å². The van der Waals surface area contributed by atoms with E-state index in [-0.39, 0.29) is 19.8 Å².